The number of primary amides is 1. The Kier molecular flexibility index (Phi) is 9.74. The third-order valence-corrected chi connectivity index (χ3v) is 7.20. The summed E-state index contributed by atoms with van der Waals surface area (Å²) in [6.07, 6.45) is 3.41. The second-order valence-corrected chi connectivity index (χ2v) is 10.1. The highest BCUT2D eigenvalue weighted by Crippen LogP contribution is 2.29. The van der Waals surface area contributed by atoms with E-state index in [1.165, 1.54) is 24.1 Å². The second-order valence-electron chi connectivity index (χ2n) is 8.79. The quantitative estimate of drug-likeness (QED) is 0.143. The molecule has 41 heavy (non-hydrogen) atoms. The van der Waals surface area contributed by atoms with Crippen molar-refractivity contribution in [1.29, 1.82) is 0 Å². The summed E-state index contributed by atoms with van der Waals surface area (Å²) in [5, 5.41) is 7.77. The van der Waals surface area contributed by atoms with Crippen LogP contribution in [0.2, 0.25) is 0 Å². The maximum atomic E-state index is 13.2. The van der Waals surface area contributed by atoms with E-state index in [2.05, 4.69) is 16.0 Å². The van der Waals surface area contributed by atoms with E-state index in [-0.39, 0.29) is 17.2 Å². The molecule has 0 spiro atoms. The number of carbonyl (C=O) groups is 4. The van der Waals surface area contributed by atoms with Crippen LogP contribution in [0.3, 0.4) is 0 Å². The van der Waals surface area contributed by atoms with Crippen molar-refractivity contribution in [2.75, 3.05) is 10.6 Å². The molecule has 1 atom stereocenters. The normalized spacial score (nSPS) is 11.8. The summed E-state index contributed by atoms with van der Waals surface area (Å²) in [7, 11) is 0. The van der Waals surface area contributed by atoms with Gasteiger partial charge in [0.15, 0.2) is 0 Å². The molecule has 1 heterocycles. The fourth-order valence-corrected chi connectivity index (χ4v) is 4.82. The van der Waals surface area contributed by atoms with Crippen molar-refractivity contribution in [2.24, 2.45) is 5.73 Å². The van der Waals surface area contributed by atoms with Gasteiger partial charge in [0.25, 0.3) is 17.7 Å². The van der Waals surface area contributed by atoms with Crippen LogP contribution < -0.4 is 21.7 Å². The molecule has 5 N–H and O–H groups in total. The number of nitrogens with one attached hydrogen (secondary N) is 3. The van der Waals surface area contributed by atoms with Gasteiger partial charge in [-0.1, -0.05) is 43.3 Å². The van der Waals surface area contributed by atoms with Crippen LogP contribution in [0.25, 0.3) is 6.08 Å². The van der Waals surface area contributed by atoms with E-state index in [1.54, 1.807) is 84.9 Å². The van der Waals surface area contributed by atoms with Gasteiger partial charge in [-0.05, 0) is 61.0 Å². The summed E-state index contributed by atoms with van der Waals surface area (Å²) < 4.78 is 5.34. The number of rotatable bonds is 11. The molecule has 0 aliphatic carbocycles. The van der Waals surface area contributed by atoms with Gasteiger partial charge in [-0.15, -0.1) is 11.8 Å². The van der Waals surface area contributed by atoms with Crippen molar-refractivity contribution in [3.63, 3.8) is 0 Å². The van der Waals surface area contributed by atoms with Gasteiger partial charge in [-0.25, -0.2) is 0 Å². The molecule has 1 unspecified atom stereocenters. The number of amides is 4. The van der Waals surface area contributed by atoms with Crippen LogP contribution in [0.1, 0.15) is 39.8 Å². The molecule has 4 rings (SSSR count). The Balaban J connectivity index is 1.47. The largest absolute Gasteiger partial charge is 0.465 e. The zero-order chi connectivity index (χ0) is 29.2. The number of nitrogens with two attached hydrogens (primary N) is 1. The molecule has 0 bridgehead atoms. The fourth-order valence-electron chi connectivity index (χ4n) is 3.81. The van der Waals surface area contributed by atoms with Gasteiger partial charge < -0.3 is 26.1 Å². The van der Waals surface area contributed by atoms with Crippen molar-refractivity contribution in [2.45, 2.75) is 23.5 Å². The van der Waals surface area contributed by atoms with Gasteiger partial charge >= 0.3 is 0 Å². The van der Waals surface area contributed by atoms with Crippen LogP contribution >= 0.6 is 11.8 Å². The number of hydrogen-bond acceptors (Lipinski definition) is 6. The van der Waals surface area contributed by atoms with Crippen molar-refractivity contribution in [3.8, 4) is 0 Å². The average Bonchev–Trinajstić information content (AvgIpc) is 3.49. The lowest BCUT2D eigenvalue weighted by atomic mass is 10.1. The van der Waals surface area contributed by atoms with Crippen molar-refractivity contribution in [1.82, 2.24) is 5.32 Å². The smallest absolute Gasteiger partial charge is 0.272 e. The van der Waals surface area contributed by atoms with Crippen LogP contribution in [-0.2, 0) is 9.59 Å². The first-order valence-electron chi connectivity index (χ1n) is 12.7. The molecule has 3 aromatic carbocycles. The van der Waals surface area contributed by atoms with Crippen molar-refractivity contribution in [3.05, 3.63) is 120 Å². The number of thioether (sulfide) groups is 1. The van der Waals surface area contributed by atoms with E-state index in [4.69, 9.17) is 10.2 Å². The van der Waals surface area contributed by atoms with Gasteiger partial charge in [0, 0.05) is 22.2 Å². The average molecular weight is 569 g/mol. The Morgan fingerprint density at radius 1 is 0.902 bits per heavy atom. The molecule has 0 saturated carbocycles. The monoisotopic (exact) mass is 568 g/mol. The first-order valence-corrected chi connectivity index (χ1v) is 13.6. The molecule has 1 aromatic heterocycles. The number of carbonyl (C=O) groups excluding carboxylic acids is 4. The lowest BCUT2D eigenvalue weighted by Gasteiger charge is -2.17. The molecule has 0 fully saturated rings. The van der Waals surface area contributed by atoms with E-state index in [1.807, 2.05) is 13.0 Å². The third-order valence-electron chi connectivity index (χ3n) is 5.84. The van der Waals surface area contributed by atoms with Crippen molar-refractivity contribution >= 4 is 52.8 Å². The molecule has 4 amide bonds. The maximum absolute atomic E-state index is 13.2. The first-order chi connectivity index (χ1) is 19.8. The SMILES string of the molecule is CCC(Sc1cccc(NC(=O)/C(=C\c2ccco2)NC(=O)c2ccccc2)c1)C(=O)Nc1ccccc1C(N)=O. The summed E-state index contributed by atoms with van der Waals surface area (Å²) in [6.45, 7) is 1.88. The lowest BCUT2D eigenvalue weighted by Crippen LogP contribution is -2.30. The van der Waals surface area contributed by atoms with E-state index in [0.29, 0.717) is 29.1 Å². The lowest BCUT2D eigenvalue weighted by molar-refractivity contribution is -0.116. The highest BCUT2D eigenvalue weighted by Gasteiger charge is 2.21. The maximum Gasteiger partial charge on any atom is 0.272 e. The van der Waals surface area contributed by atoms with Crippen molar-refractivity contribution < 1.29 is 23.6 Å². The zero-order valence-electron chi connectivity index (χ0n) is 22.1. The number of hydrogen-bond donors (Lipinski definition) is 4. The Bertz CT molecular complexity index is 1570. The van der Waals surface area contributed by atoms with Gasteiger partial charge in [-0.3, -0.25) is 19.2 Å². The number of furan rings is 1. The fraction of sp³-hybridized carbons (Fsp3) is 0.0968. The minimum atomic E-state index is -0.634. The predicted molar refractivity (Wildman–Crippen MR) is 159 cm³/mol. The van der Waals surface area contributed by atoms with Gasteiger partial charge in [0.1, 0.15) is 11.5 Å². The minimum absolute atomic E-state index is 0.00853. The summed E-state index contributed by atoms with van der Waals surface area (Å²) in [4.78, 5) is 51.5. The van der Waals surface area contributed by atoms with Gasteiger partial charge in [0.05, 0.1) is 22.8 Å². The highest BCUT2D eigenvalue weighted by molar-refractivity contribution is 8.00. The molecule has 0 aliphatic rings. The molecular weight excluding hydrogens is 540 g/mol. The molecule has 10 heteroatoms. The number of benzene rings is 3. The molecular formula is C31H28N4O5S. The predicted octanol–water partition coefficient (Wildman–Crippen LogP) is 5.30. The van der Waals surface area contributed by atoms with E-state index in [9.17, 15) is 19.2 Å². The summed E-state index contributed by atoms with van der Waals surface area (Å²) in [6, 6.07) is 25.4. The molecule has 9 nitrogen and oxygen atoms in total. The Labute approximate surface area is 241 Å². The molecule has 0 saturated heterocycles. The van der Waals surface area contributed by atoms with E-state index >= 15 is 0 Å². The first kappa shape index (κ1) is 28.9. The molecule has 0 aliphatic heterocycles. The molecule has 4 aromatic rings. The summed E-state index contributed by atoms with van der Waals surface area (Å²) in [5.74, 6) is -1.53. The molecule has 208 valence electrons. The Hall–Kier alpha value is -5.09. The van der Waals surface area contributed by atoms with Gasteiger partial charge in [0.2, 0.25) is 5.91 Å². The van der Waals surface area contributed by atoms with Crippen LogP contribution in [0.4, 0.5) is 11.4 Å². The van der Waals surface area contributed by atoms with Crippen LogP contribution in [0, 0.1) is 0 Å². The van der Waals surface area contributed by atoms with Crippen LogP contribution in [0.15, 0.2) is 112 Å². The van der Waals surface area contributed by atoms with Crippen LogP contribution in [0.5, 0.6) is 0 Å². The summed E-state index contributed by atoms with van der Waals surface area (Å²) in [5.41, 5.74) is 6.86. The standard InChI is InChI=1S/C31H28N4O5S/c1-2-27(31(39)34-25-16-7-6-15-24(25)28(32)36)41-23-14-8-12-21(18-23)33-30(38)26(19-22-13-9-17-40-22)35-29(37)20-10-4-3-5-11-20/h3-19,27H,2H2,1H3,(H2,32,36)(H,33,38)(H,34,39)(H,35,37)/b26-19+. The van der Waals surface area contributed by atoms with E-state index < -0.39 is 23.0 Å². The summed E-state index contributed by atoms with van der Waals surface area (Å²) >= 11 is 1.31. The third kappa shape index (κ3) is 7.96. The number of anilines is 2. The Morgan fingerprint density at radius 3 is 2.37 bits per heavy atom. The zero-order valence-corrected chi connectivity index (χ0v) is 22.9. The topological polar surface area (TPSA) is 144 Å². The Morgan fingerprint density at radius 2 is 1.66 bits per heavy atom. The molecule has 0 radical (unpaired) electrons. The van der Waals surface area contributed by atoms with Gasteiger partial charge in [-0.2, -0.15) is 0 Å². The van der Waals surface area contributed by atoms with Crippen LogP contribution in [-0.4, -0.2) is 28.9 Å². The minimum Gasteiger partial charge on any atom is -0.465 e. The highest BCUT2D eigenvalue weighted by atomic mass is 32.2. The number of para-hydroxylation sites is 1. The van der Waals surface area contributed by atoms with E-state index in [0.717, 1.165) is 4.90 Å². The second kappa shape index (κ2) is 13.8.